The zero-order chi connectivity index (χ0) is 15.6. The molecule has 0 aromatic carbocycles. The first-order chi connectivity index (χ1) is 9.88. The zero-order valence-corrected chi connectivity index (χ0v) is 14.1. The summed E-state index contributed by atoms with van der Waals surface area (Å²) >= 11 is 5.03. The van der Waals surface area contributed by atoms with E-state index in [0.717, 1.165) is 8.66 Å². The van der Waals surface area contributed by atoms with Gasteiger partial charge in [-0.05, 0) is 48.3 Å². The second-order valence-corrected chi connectivity index (χ2v) is 7.27. The van der Waals surface area contributed by atoms with Crippen LogP contribution in [-0.4, -0.2) is 20.6 Å². The van der Waals surface area contributed by atoms with Gasteiger partial charge in [-0.3, -0.25) is 9.36 Å². The summed E-state index contributed by atoms with van der Waals surface area (Å²) in [4.78, 5) is 28.1. The van der Waals surface area contributed by atoms with Crippen LogP contribution < -0.4 is 5.69 Å². The Morgan fingerprint density at radius 3 is 2.71 bits per heavy atom. The summed E-state index contributed by atoms with van der Waals surface area (Å²) in [7, 11) is 0. The molecule has 7 heteroatoms. The quantitative estimate of drug-likeness (QED) is 0.877. The van der Waals surface area contributed by atoms with Gasteiger partial charge in [0.1, 0.15) is 0 Å². The SMILES string of the molecule is Cc1nc(=O)n(CCc2ccc(Br)s2)c(C)c1CC(=O)O. The fourth-order valence-corrected chi connectivity index (χ4v) is 3.69. The van der Waals surface area contributed by atoms with Gasteiger partial charge in [-0.15, -0.1) is 11.3 Å². The van der Waals surface area contributed by atoms with Crippen LogP contribution in [0.2, 0.25) is 0 Å². The van der Waals surface area contributed by atoms with Crippen molar-refractivity contribution in [2.24, 2.45) is 0 Å². The summed E-state index contributed by atoms with van der Waals surface area (Å²) < 4.78 is 2.61. The van der Waals surface area contributed by atoms with Gasteiger partial charge in [0.2, 0.25) is 0 Å². The van der Waals surface area contributed by atoms with Gasteiger partial charge in [-0.1, -0.05) is 0 Å². The molecule has 0 amide bonds. The lowest BCUT2D eigenvalue weighted by Crippen LogP contribution is -2.29. The second-order valence-electron chi connectivity index (χ2n) is 4.72. The van der Waals surface area contributed by atoms with Gasteiger partial charge in [0.05, 0.1) is 10.2 Å². The van der Waals surface area contributed by atoms with Crippen LogP contribution in [0, 0.1) is 13.8 Å². The number of aromatic nitrogens is 2. The maximum atomic E-state index is 12.0. The third-order valence-electron chi connectivity index (χ3n) is 3.31. The summed E-state index contributed by atoms with van der Waals surface area (Å²) in [6.45, 7) is 3.95. The van der Waals surface area contributed by atoms with Crippen LogP contribution in [0.3, 0.4) is 0 Å². The molecule has 0 radical (unpaired) electrons. The highest BCUT2D eigenvalue weighted by molar-refractivity contribution is 9.11. The number of halogens is 1. The largest absolute Gasteiger partial charge is 0.481 e. The Morgan fingerprint density at radius 2 is 2.14 bits per heavy atom. The molecule has 0 saturated carbocycles. The number of aliphatic carboxylic acids is 1. The van der Waals surface area contributed by atoms with E-state index in [9.17, 15) is 9.59 Å². The highest BCUT2D eigenvalue weighted by Gasteiger charge is 2.14. The van der Waals surface area contributed by atoms with Crippen molar-refractivity contribution in [3.05, 3.63) is 48.2 Å². The molecule has 2 aromatic heterocycles. The topological polar surface area (TPSA) is 72.2 Å². The van der Waals surface area contributed by atoms with Crippen LogP contribution in [0.4, 0.5) is 0 Å². The maximum absolute atomic E-state index is 12.0. The van der Waals surface area contributed by atoms with Crippen molar-refractivity contribution in [2.75, 3.05) is 0 Å². The molecule has 0 spiro atoms. The molecule has 0 unspecified atom stereocenters. The molecule has 0 aliphatic heterocycles. The summed E-state index contributed by atoms with van der Waals surface area (Å²) in [5.74, 6) is -0.921. The molecular weight excluding hydrogens is 356 g/mol. The van der Waals surface area contributed by atoms with Gasteiger partial charge in [-0.25, -0.2) is 4.79 Å². The standard InChI is InChI=1S/C14H15BrN2O3S/c1-8-11(7-13(18)19)9(2)17(14(20)16-8)6-5-10-3-4-12(15)21-10/h3-4H,5-7H2,1-2H3,(H,18,19). The molecule has 5 nitrogen and oxygen atoms in total. The van der Waals surface area contributed by atoms with E-state index in [1.165, 1.54) is 0 Å². The molecule has 21 heavy (non-hydrogen) atoms. The third kappa shape index (κ3) is 3.79. The van der Waals surface area contributed by atoms with E-state index in [0.29, 0.717) is 29.9 Å². The van der Waals surface area contributed by atoms with Crippen LogP contribution in [0.15, 0.2) is 20.7 Å². The van der Waals surface area contributed by atoms with E-state index in [1.54, 1.807) is 29.8 Å². The zero-order valence-electron chi connectivity index (χ0n) is 11.7. The summed E-state index contributed by atoms with van der Waals surface area (Å²) in [5, 5.41) is 8.97. The fourth-order valence-electron chi connectivity index (χ4n) is 2.22. The number of rotatable bonds is 5. The monoisotopic (exact) mass is 370 g/mol. The smallest absolute Gasteiger partial charge is 0.347 e. The van der Waals surface area contributed by atoms with Gasteiger partial charge in [0.15, 0.2) is 0 Å². The molecule has 1 N–H and O–H groups in total. The Balaban J connectivity index is 2.30. The van der Waals surface area contributed by atoms with Gasteiger partial charge in [0.25, 0.3) is 0 Å². The van der Waals surface area contributed by atoms with E-state index in [4.69, 9.17) is 5.11 Å². The van der Waals surface area contributed by atoms with Crippen molar-refractivity contribution in [3.63, 3.8) is 0 Å². The van der Waals surface area contributed by atoms with Gasteiger partial charge in [0, 0.05) is 28.4 Å². The molecule has 0 fully saturated rings. The predicted molar refractivity (Wildman–Crippen MR) is 85.0 cm³/mol. The molecule has 2 aromatic rings. The lowest BCUT2D eigenvalue weighted by atomic mass is 10.1. The van der Waals surface area contributed by atoms with E-state index in [2.05, 4.69) is 20.9 Å². The van der Waals surface area contributed by atoms with Crippen LogP contribution in [0.5, 0.6) is 0 Å². The van der Waals surface area contributed by atoms with Gasteiger partial charge >= 0.3 is 11.7 Å². The van der Waals surface area contributed by atoms with Crippen molar-refractivity contribution < 1.29 is 9.90 Å². The van der Waals surface area contributed by atoms with E-state index in [-0.39, 0.29) is 12.1 Å². The van der Waals surface area contributed by atoms with Crippen molar-refractivity contribution in [2.45, 2.75) is 33.2 Å². The number of carboxylic acid groups (broad SMARTS) is 1. The van der Waals surface area contributed by atoms with Crippen LogP contribution in [0.25, 0.3) is 0 Å². The Kier molecular flexibility index (Phi) is 4.95. The Hall–Kier alpha value is -1.47. The highest BCUT2D eigenvalue weighted by atomic mass is 79.9. The first-order valence-electron chi connectivity index (χ1n) is 6.41. The number of hydrogen-bond acceptors (Lipinski definition) is 4. The number of carbonyl (C=O) groups is 1. The van der Waals surface area contributed by atoms with Crippen LogP contribution in [0.1, 0.15) is 21.8 Å². The third-order valence-corrected chi connectivity index (χ3v) is 4.99. The molecule has 2 heterocycles. The lowest BCUT2D eigenvalue weighted by Gasteiger charge is -2.14. The first-order valence-corrected chi connectivity index (χ1v) is 8.02. The van der Waals surface area contributed by atoms with E-state index < -0.39 is 5.97 Å². The first kappa shape index (κ1) is 15.9. The predicted octanol–water partition coefficient (Wildman–Crippen LogP) is 2.55. The Bertz CT molecular complexity index is 736. The van der Waals surface area contributed by atoms with E-state index in [1.807, 2.05) is 12.1 Å². The average Bonchev–Trinajstić information content (AvgIpc) is 2.80. The molecular formula is C14H15BrN2O3S. The minimum absolute atomic E-state index is 0.116. The molecule has 0 aliphatic carbocycles. The average molecular weight is 371 g/mol. The number of carboxylic acids is 1. The van der Waals surface area contributed by atoms with Crippen LogP contribution in [-0.2, 0) is 24.2 Å². The van der Waals surface area contributed by atoms with E-state index >= 15 is 0 Å². The summed E-state index contributed by atoms with van der Waals surface area (Å²) in [5.41, 5.74) is 1.48. The Labute approximate surface area is 134 Å². The van der Waals surface area contributed by atoms with Crippen molar-refractivity contribution >= 4 is 33.2 Å². The number of nitrogens with zero attached hydrogens (tertiary/aromatic N) is 2. The molecule has 0 saturated heterocycles. The molecule has 0 atom stereocenters. The minimum atomic E-state index is -0.921. The van der Waals surface area contributed by atoms with Crippen molar-refractivity contribution in [1.29, 1.82) is 0 Å². The summed E-state index contributed by atoms with van der Waals surface area (Å²) in [6, 6.07) is 3.98. The Morgan fingerprint density at radius 1 is 1.43 bits per heavy atom. The van der Waals surface area contributed by atoms with Gasteiger partial charge < -0.3 is 5.11 Å². The summed E-state index contributed by atoms with van der Waals surface area (Å²) in [6.07, 6.45) is 0.601. The highest BCUT2D eigenvalue weighted by Crippen LogP contribution is 2.22. The second kappa shape index (κ2) is 6.53. The number of hydrogen-bond donors (Lipinski definition) is 1. The fraction of sp³-hybridized carbons (Fsp3) is 0.357. The number of aryl methyl sites for hydroxylation is 2. The minimum Gasteiger partial charge on any atom is -0.481 e. The normalized spacial score (nSPS) is 10.8. The maximum Gasteiger partial charge on any atom is 0.347 e. The molecule has 0 aliphatic rings. The van der Waals surface area contributed by atoms with Crippen molar-refractivity contribution in [3.8, 4) is 0 Å². The van der Waals surface area contributed by atoms with Gasteiger partial charge in [-0.2, -0.15) is 4.98 Å². The molecule has 2 rings (SSSR count). The number of thiophene rings is 1. The molecule has 112 valence electrons. The van der Waals surface area contributed by atoms with Crippen LogP contribution >= 0.6 is 27.3 Å². The lowest BCUT2D eigenvalue weighted by molar-refractivity contribution is -0.136. The molecule has 0 bridgehead atoms. The van der Waals surface area contributed by atoms with Crippen molar-refractivity contribution in [1.82, 2.24) is 9.55 Å².